The molecule has 2 N–H and O–H groups in total. The van der Waals surface area contributed by atoms with Crippen LogP contribution in [0, 0.1) is 5.82 Å². The Hall–Kier alpha value is -2.59. The van der Waals surface area contributed by atoms with E-state index in [1.165, 1.54) is 23.5 Å². The lowest BCUT2D eigenvalue weighted by atomic mass is 9.96. The minimum Gasteiger partial charge on any atom is -0.507 e. The van der Waals surface area contributed by atoms with Crippen molar-refractivity contribution < 1.29 is 13.9 Å². The molecule has 3 aromatic rings. The number of aromatic hydroxyl groups is 1. The highest BCUT2D eigenvalue weighted by Gasteiger charge is 2.48. The van der Waals surface area contributed by atoms with Gasteiger partial charge in [0.25, 0.3) is 0 Å². The largest absolute Gasteiger partial charge is 0.507 e. The van der Waals surface area contributed by atoms with Crippen molar-refractivity contribution in [3.8, 4) is 27.4 Å². The second-order valence-corrected chi connectivity index (χ2v) is 10.0. The topological polar surface area (TPSA) is 79.1 Å². The van der Waals surface area contributed by atoms with Crippen LogP contribution in [0.3, 0.4) is 0 Å². The van der Waals surface area contributed by atoms with Gasteiger partial charge in [0.15, 0.2) is 5.01 Å². The Morgan fingerprint density at radius 3 is 2.78 bits per heavy atom. The van der Waals surface area contributed by atoms with E-state index in [0.717, 1.165) is 32.1 Å². The fourth-order valence-corrected chi connectivity index (χ4v) is 6.11. The van der Waals surface area contributed by atoms with Gasteiger partial charge in [0, 0.05) is 42.5 Å². The SMILES string of the molecule is Cn1cc(-c2cc(O)c(-c3nnc(N(C4CC4)[C@@H]4CC5CCC(N5)[C@@H]4F)s3)cc2F)cn1. The average Bonchev–Trinajstić information content (AvgIpc) is 3.15. The number of nitrogens with zero attached hydrogens (tertiary/aromatic N) is 5. The number of piperidine rings is 1. The first-order valence-electron chi connectivity index (χ1n) is 11.0. The van der Waals surface area contributed by atoms with Gasteiger partial charge in [0.05, 0.1) is 17.8 Å². The van der Waals surface area contributed by atoms with Gasteiger partial charge >= 0.3 is 0 Å². The Bertz CT molecular complexity index is 1160. The van der Waals surface area contributed by atoms with Crippen LogP contribution in [0.4, 0.5) is 13.9 Å². The molecule has 2 aromatic heterocycles. The van der Waals surface area contributed by atoms with Crippen LogP contribution in [-0.4, -0.2) is 55.4 Å². The zero-order chi connectivity index (χ0) is 22.0. The molecule has 1 saturated carbocycles. The van der Waals surface area contributed by atoms with E-state index in [9.17, 15) is 9.50 Å². The summed E-state index contributed by atoms with van der Waals surface area (Å²) in [4.78, 5) is 2.11. The fourth-order valence-electron chi connectivity index (χ4n) is 5.11. The predicted molar refractivity (Wildman–Crippen MR) is 118 cm³/mol. The van der Waals surface area contributed by atoms with E-state index in [1.54, 1.807) is 24.1 Å². The van der Waals surface area contributed by atoms with Crippen LogP contribution < -0.4 is 10.2 Å². The highest BCUT2D eigenvalue weighted by Crippen LogP contribution is 2.44. The van der Waals surface area contributed by atoms with Crippen LogP contribution in [0.5, 0.6) is 5.75 Å². The average molecular weight is 459 g/mol. The van der Waals surface area contributed by atoms with Crippen molar-refractivity contribution >= 4 is 16.5 Å². The molecule has 1 aliphatic carbocycles. The van der Waals surface area contributed by atoms with Crippen molar-refractivity contribution in [2.24, 2.45) is 7.05 Å². The monoisotopic (exact) mass is 458 g/mol. The number of nitrogens with one attached hydrogen (secondary N) is 1. The first-order chi connectivity index (χ1) is 15.5. The van der Waals surface area contributed by atoms with Crippen LogP contribution in [0.25, 0.3) is 21.7 Å². The first-order valence-corrected chi connectivity index (χ1v) is 11.8. The molecule has 2 aliphatic heterocycles. The van der Waals surface area contributed by atoms with Crippen LogP contribution in [-0.2, 0) is 7.05 Å². The molecule has 168 valence electrons. The number of aromatic nitrogens is 4. The maximum atomic E-state index is 15.3. The zero-order valence-corrected chi connectivity index (χ0v) is 18.4. The summed E-state index contributed by atoms with van der Waals surface area (Å²) in [5.41, 5.74) is 1.14. The Balaban J connectivity index is 1.32. The third-order valence-electron chi connectivity index (χ3n) is 6.82. The van der Waals surface area contributed by atoms with Crippen molar-refractivity contribution in [2.45, 2.75) is 62.4 Å². The number of rotatable bonds is 5. The number of hydrogen-bond acceptors (Lipinski definition) is 7. The lowest BCUT2D eigenvalue weighted by Gasteiger charge is -2.40. The van der Waals surface area contributed by atoms with Gasteiger partial charge in [0.1, 0.15) is 17.7 Å². The molecular formula is C22H24F2N6OS. The molecule has 4 atom stereocenters. The second kappa shape index (κ2) is 7.48. The normalized spacial score (nSPS) is 27.1. The van der Waals surface area contributed by atoms with Crippen molar-refractivity contribution in [1.29, 1.82) is 0 Å². The molecule has 0 amide bonds. The van der Waals surface area contributed by atoms with Gasteiger partial charge in [-0.2, -0.15) is 5.10 Å². The lowest BCUT2D eigenvalue weighted by molar-refractivity contribution is 0.172. The second-order valence-electron chi connectivity index (χ2n) is 9.08. The fraction of sp³-hybridized carbons (Fsp3) is 0.500. The number of fused-ring (bicyclic) bond motifs is 2. The summed E-state index contributed by atoms with van der Waals surface area (Å²) in [7, 11) is 1.75. The Labute approximate surface area is 188 Å². The standard InChI is InChI=1S/C22H24F2N6OS/c1-29-10-11(9-25-29)14-8-19(31)15(7-16(14)23)21-27-28-22(32-21)30(13-3-4-13)18-6-12-2-5-17(26-12)20(18)24/h7-10,12-13,17-18,20,26,31H,2-6H2,1H3/t12?,17?,18-,20+/m1/s1. The van der Waals surface area contributed by atoms with Crippen LogP contribution >= 0.6 is 11.3 Å². The van der Waals surface area contributed by atoms with E-state index >= 15 is 4.39 Å². The smallest absolute Gasteiger partial charge is 0.209 e. The van der Waals surface area contributed by atoms with Crippen molar-refractivity contribution in [2.75, 3.05) is 4.90 Å². The van der Waals surface area contributed by atoms with Gasteiger partial charge in [-0.3, -0.25) is 4.68 Å². The lowest BCUT2D eigenvalue weighted by Crippen LogP contribution is -2.57. The van der Waals surface area contributed by atoms with Gasteiger partial charge in [-0.05, 0) is 44.2 Å². The van der Waals surface area contributed by atoms with Crippen LogP contribution in [0.2, 0.25) is 0 Å². The summed E-state index contributed by atoms with van der Waals surface area (Å²) in [6, 6.07) is 2.99. The van der Waals surface area contributed by atoms with E-state index in [1.807, 2.05) is 0 Å². The van der Waals surface area contributed by atoms with Gasteiger partial charge in [-0.1, -0.05) is 11.3 Å². The highest BCUT2D eigenvalue weighted by molar-refractivity contribution is 7.18. The summed E-state index contributed by atoms with van der Waals surface area (Å²) in [5, 5.41) is 27.8. The van der Waals surface area contributed by atoms with Crippen LogP contribution in [0.1, 0.15) is 32.1 Å². The molecule has 0 radical (unpaired) electrons. The minimum atomic E-state index is -0.952. The third-order valence-corrected chi connectivity index (χ3v) is 7.79. The van der Waals surface area contributed by atoms with E-state index in [2.05, 4.69) is 25.5 Å². The number of phenolic OH excluding ortho intramolecular Hbond substituents is 1. The molecule has 7 nitrogen and oxygen atoms in total. The van der Waals surface area contributed by atoms with E-state index in [0.29, 0.717) is 21.7 Å². The number of alkyl halides is 1. The quantitative estimate of drug-likeness (QED) is 0.608. The molecule has 2 unspecified atom stereocenters. The molecule has 3 aliphatic rings. The number of phenols is 1. The van der Waals surface area contributed by atoms with Gasteiger partial charge in [-0.25, -0.2) is 8.78 Å². The third kappa shape index (κ3) is 3.36. The Kier molecular flexibility index (Phi) is 4.69. The summed E-state index contributed by atoms with van der Waals surface area (Å²) in [6.07, 6.45) is 6.95. The maximum Gasteiger partial charge on any atom is 0.209 e. The number of hydrogen-bond donors (Lipinski definition) is 2. The summed E-state index contributed by atoms with van der Waals surface area (Å²) < 4.78 is 31.7. The van der Waals surface area contributed by atoms with Crippen molar-refractivity contribution in [3.63, 3.8) is 0 Å². The number of anilines is 1. The van der Waals surface area contributed by atoms with Gasteiger partial charge in [-0.15, -0.1) is 10.2 Å². The molecule has 6 rings (SSSR count). The predicted octanol–water partition coefficient (Wildman–Crippen LogP) is 3.65. The molecule has 2 bridgehead atoms. The molecule has 10 heteroatoms. The molecule has 1 aromatic carbocycles. The molecule has 3 fully saturated rings. The number of halogens is 2. The summed E-state index contributed by atoms with van der Waals surface area (Å²) in [6.45, 7) is 0. The molecular weight excluding hydrogens is 434 g/mol. The summed E-state index contributed by atoms with van der Waals surface area (Å²) >= 11 is 1.28. The maximum absolute atomic E-state index is 15.3. The minimum absolute atomic E-state index is 0.0748. The molecule has 32 heavy (non-hydrogen) atoms. The Morgan fingerprint density at radius 2 is 2.03 bits per heavy atom. The van der Waals surface area contributed by atoms with Crippen LogP contribution in [0.15, 0.2) is 24.5 Å². The molecule has 0 spiro atoms. The number of aryl methyl sites for hydroxylation is 1. The highest BCUT2D eigenvalue weighted by atomic mass is 32.1. The van der Waals surface area contributed by atoms with Gasteiger partial charge < -0.3 is 15.3 Å². The number of benzene rings is 1. The van der Waals surface area contributed by atoms with Crippen molar-refractivity contribution in [3.05, 3.63) is 30.3 Å². The van der Waals surface area contributed by atoms with E-state index < -0.39 is 12.0 Å². The van der Waals surface area contributed by atoms with E-state index in [-0.39, 0.29) is 35.0 Å². The molecule has 2 saturated heterocycles. The Morgan fingerprint density at radius 1 is 1.19 bits per heavy atom. The summed E-state index contributed by atoms with van der Waals surface area (Å²) in [5.74, 6) is -0.547. The van der Waals surface area contributed by atoms with E-state index in [4.69, 9.17) is 0 Å². The zero-order valence-electron chi connectivity index (χ0n) is 17.6. The molecule has 4 heterocycles. The first kappa shape index (κ1) is 20.0. The van der Waals surface area contributed by atoms with Crippen molar-refractivity contribution in [1.82, 2.24) is 25.3 Å². The van der Waals surface area contributed by atoms with Gasteiger partial charge in [0.2, 0.25) is 5.13 Å².